The van der Waals surface area contributed by atoms with E-state index in [0.29, 0.717) is 22.0 Å². The predicted octanol–water partition coefficient (Wildman–Crippen LogP) is 4.26. The van der Waals surface area contributed by atoms with E-state index in [0.717, 1.165) is 16.8 Å². The number of rotatable bonds is 6. The van der Waals surface area contributed by atoms with E-state index in [4.69, 9.17) is 4.98 Å². The second kappa shape index (κ2) is 8.82. The summed E-state index contributed by atoms with van der Waals surface area (Å²) < 4.78 is 1.63. The molecule has 1 aromatic heterocycles. The SMILES string of the molecule is Cc1ccc(C)c(-n2c(SCC(=O)NC(C)C(C)C)nc3ccccc3c2=O)c1. The fourth-order valence-electron chi connectivity index (χ4n) is 2.97. The van der Waals surface area contributed by atoms with Crippen LogP contribution in [0.4, 0.5) is 0 Å². The van der Waals surface area contributed by atoms with Gasteiger partial charge in [0.25, 0.3) is 5.56 Å². The Labute approximate surface area is 175 Å². The van der Waals surface area contributed by atoms with Gasteiger partial charge in [0.05, 0.1) is 22.3 Å². The molecule has 1 unspecified atom stereocenters. The van der Waals surface area contributed by atoms with E-state index in [9.17, 15) is 9.59 Å². The average molecular weight is 410 g/mol. The molecule has 1 atom stereocenters. The van der Waals surface area contributed by atoms with Gasteiger partial charge in [0.15, 0.2) is 5.16 Å². The molecule has 6 heteroatoms. The Bertz CT molecular complexity index is 1100. The van der Waals surface area contributed by atoms with Gasteiger partial charge < -0.3 is 5.32 Å². The number of carbonyl (C=O) groups is 1. The monoisotopic (exact) mass is 409 g/mol. The highest BCUT2D eigenvalue weighted by atomic mass is 32.2. The lowest BCUT2D eigenvalue weighted by Crippen LogP contribution is -2.37. The highest BCUT2D eigenvalue weighted by Gasteiger charge is 2.17. The van der Waals surface area contributed by atoms with Gasteiger partial charge in [0, 0.05) is 6.04 Å². The maximum Gasteiger partial charge on any atom is 0.266 e. The van der Waals surface area contributed by atoms with Crippen molar-refractivity contribution in [2.45, 2.75) is 45.8 Å². The summed E-state index contributed by atoms with van der Waals surface area (Å²) in [5.41, 5.74) is 3.35. The van der Waals surface area contributed by atoms with Crippen LogP contribution in [0.3, 0.4) is 0 Å². The second-order valence-electron chi connectivity index (χ2n) is 7.73. The van der Waals surface area contributed by atoms with Gasteiger partial charge in [-0.2, -0.15) is 0 Å². The third kappa shape index (κ3) is 4.70. The summed E-state index contributed by atoms with van der Waals surface area (Å²) >= 11 is 1.29. The van der Waals surface area contributed by atoms with E-state index in [2.05, 4.69) is 19.2 Å². The van der Waals surface area contributed by atoms with Gasteiger partial charge in [0.2, 0.25) is 5.91 Å². The molecule has 0 spiro atoms. The number of aryl methyl sites for hydroxylation is 2. The fraction of sp³-hybridized carbons (Fsp3) is 0.348. The minimum absolute atomic E-state index is 0.0638. The minimum atomic E-state index is -0.122. The van der Waals surface area contributed by atoms with Crippen molar-refractivity contribution in [3.8, 4) is 5.69 Å². The molecule has 152 valence electrons. The molecule has 5 nitrogen and oxygen atoms in total. The summed E-state index contributed by atoms with van der Waals surface area (Å²) in [5, 5.41) is 4.09. The molecule has 1 amide bonds. The van der Waals surface area contributed by atoms with Crippen molar-refractivity contribution in [1.29, 1.82) is 0 Å². The van der Waals surface area contributed by atoms with Gasteiger partial charge in [-0.25, -0.2) is 4.98 Å². The summed E-state index contributed by atoms with van der Waals surface area (Å²) in [6, 6.07) is 13.4. The first kappa shape index (κ1) is 21.1. The zero-order valence-electron chi connectivity index (χ0n) is 17.5. The highest BCUT2D eigenvalue weighted by molar-refractivity contribution is 7.99. The third-order valence-electron chi connectivity index (χ3n) is 5.07. The summed E-state index contributed by atoms with van der Waals surface area (Å²) in [5.74, 6) is 0.495. The third-order valence-corrected chi connectivity index (χ3v) is 6.01. The van der Waals surface area contributed by atoms with E-state index < -0.39 is 0 Å². The lowest BCUT2D eigenvalue weighted by molar-refractivity contribution is -0.119. The van der Waals surface area contributed by atoms with Gasteiger partial charge in [-0.1, -0.05) is 49.9 Å². The van der Waals surface area contributed by atoms with Crippen LogP contribution in [0.25, 0.3) is 16.6 Å². The molecule has 0 fully saturated rings. The molecule has 0 saturated heterocycles. The first-order valence-corrected chi connectivity index (χ1v) is 10.8. The Balaban J connectivity index is 2.05. The van der Waals surface area contributed by atoms with Crippen LogP contribution in [0.15, 0.2) is 52.4 Å². The van der Waals surface area contributed by atoms with Gasteiger partial charge in [-0.05, 0) is 56.0 Å². The molecule has 0 aliphatic rings. The molecule has 1 heterocycles. The van der Waals surface area contributed by atoms with Crippen molar-refractivity contribution in [1.82, 2.24) is 14.9 Å². The van der Waals surface area contributed by atoms with E-state index in [1.54, 1.807) is 10.6 Å². The van der Waals surface area contributed by atoms with Crippen molar-refractivity contribution in [3.63, 3.8) is 0 Å². The summed E-state index contributed by atoms with van der Waals surface area (Å²) in [6.07, 6.45) is 0. The van der Waals surface area contributed by atoms with E-state index in [1.807, 2.05) is 57.2 Å². The number of nitrogens with zero attached hydrogens (tertiary/aromatic N) is 2. The molecule has 0 saturated carbocycles. The molecule has 3 aromatic rings. The van der Waals surface area contributed by atoms with Gasteiger partial charge >= 0.3 is 0 Å². The van der Waals surface area contributed by atoms with Crippen LogP contribution in [0, 0.1) is 19.8 Å². The normalized spacial score (nSPS) is 12.3. The maximum absolute atomic E-state index is 13.3. The average Bonchev–Trinajstić information content (AvgIpc) is 2.68. The Kier molecular flexibility index (Phi) is 6.42. The maximum atomic E-state index is 13.3. The summed E-state index contributed by atoms with van der Waals surface area (Å²) in [7, 11) is 0. The Hall–Kier alpha value is -2.60. The van der Waals surface area contributed by atoms with Crippen molar-refractivity contribution in [2.75, 3.05) is 5.75 Å². The van der Waals surface area contributed by atoms with Gasteiger partial charge in [0.1, 0.15) is 0 Å². The molecular weight excluding hydrogens is 382 g/mol. The smallest absolute Gasteiger partial charge is 0.266 e. The standard InChI is InChI=1S/C23H27N3O2S/c1-14(2)17(5)24-21(27)13-29-23-25-19-9-7-6-8-18(19)22(28)26(23)20-12-15(3)10-11-16(20)4/h6-12,14,17H,13H2,1-5H3,(H,24,27). The number of thioether (sulfide) groups is 1. The molecule has 0 bridgehead atoms. The second-order valence-corrected chi connectivity index (χ2v) is 8.67. The van der Waals surface area contributed by atoms with E-state index in [-0.39, 0.29) is 23.3 Å². The van der Waals surface area contributed by atoms with Gasteiger partial charge in [-0.3, -0.25) is 14.2 Å². The van der Waals surface area contributed by atoms with Crippen molar-refractivity contribution >= 4 is 28.6 Å². The summed E-state index contributed by atoms with van der Waals surface area (Å²) in [4.78, 5) is 30.5. The number of hydrogen-bond donors (Lipinski definition) is 1. The first-order valence-electron chi connectivity index (χ1n) is 9.79. The van der Waals surface area contributed by atoms with Crippen molar-refractivity contribution in [2.24, 2.45) is 5.92 Å². The lowest BCUT2D eigenvalue weighted by Gasteiger charge is -2.18. The number of amides is 1. The topological polar surface area (TPSA) is 64.0 Å². The molecule has 3 rings (SSSR count). The first-order chi connectivity index (χ1) is 13.8. The van der Waals surface area contributed by atoms with Crippen LogP contribution in [0.2, 0.25) is 0 Å². The largest absolute Gasteiger partial charge is 0.353 e. The molecular formula is C23H27N3O2S. The van der Waals surface area contributed by atoms with Gasteiger partial charge in [-0.15, -0.1) is 0 Å². The number of aromatic nitrogens is 2. The molecule has 0 aliphatic carbocycles. The molecule has 29 heavy (non-hydrogen) atoms. The summed E-state index contributed by atoms with van der Waals surface area (Å²) in [6.45, 7) is 10.1. The van der Waals surface area contributed by atoms with E-state index >= 15 is 0 Å². The zero-order valence-corrected chi connectivity index (χ0v) is 18.3. The van der Waals surface area contributed by atoms with Crippen LogP contribution in [0.1, 0.15) is 31.9 Å². The van der Waals surface area contributed by atoms with Crippen LogP contribution < -0.4 is 10.9 Å². The molecule has 0 radical (unpaired) electrons. The lowest BCUT2D eigenvalue weighted by atomic mass is 10.1. The Morgan fingerprint density at radius 2 is 1.86 bits per heavy atom. The fourth-order valence-corrected chi connectivity index (χ4v) is 3.79. The number of nitrogens with one attached hydrogen (secondary N) is 1. The quantitative estimate of drug-likeness (QED) is 0.488. The number of hydrogen-bond acceptors (Lipinski definition) is 4. The Morgan fingerprint density at radius 1 is 1.14 bits per heavy atom. The molecule has 2 aromatic carbocycles. The minimum Gasteiger partial charge on any atom is -0.353 e. The van der Waals surface area contributed by atoms with Crippen LogP contribution in [0.5, 0.6) is 0 Å². The van der Waals surface area contributed by atoms with Crippen molar-refractivity contribution in [3.05, 3.63) is 63.9 Å². The van der Waals surface area contributed by atoms with Crippen LogP contribution in [-0.4, -0.2) is 27.3 Å². The predicted molar refractivity (Wildman–Crippen MR) is 120 cm³/mol. The van der Waals surface area contributed by atoms with Crippen LogP contribution in [-0.2, 0) is 4.79 Å². The number of fused-ring (bicyclic) bond motifs is 1. The highest BCUT2D eigenvalue weighted by Crippen LogP contribution is 2.24. The zero-order chi connectivity index (χ0) is 21.1. The van der Waals surface area contributed by atoms with E-state index in [1.165, 1.54) is 11.8 Å². The Morgan fingerprint density at radius 3 is 2.59 bits per heavy atom. The molecule has 1 N–H and O–H groups in total. The number of carbonyl (C=O) groups excluding carboxylic acids is 1. The van der Waals surface area contributed by atoms with Crippen LogP contribution >= 0.6 is 11.8 Å². The number of para-hydroxylation sites is 1. The van der Waals surface area contributed by atoms with Crippen molar-refractivity contribution < 1.29 is 4.79 Å². The number of benzene rings is 2. The molecule has 0 aliphatic heterocycles.